The van der Waals surface area contributed by atoms with Crippen molar-refractivity contribution < 1.29 is 9.47 Å². The second-order valence-corrected chi connectivity index (χ2v) is 6.33. The Kier molecular flexibility index (Phi) is 4.29. The quantitative estimate of drug-likeness (QED) is 0.932. The van der Waals surface area contributed by atoms with Crippen molar-refractivity contribution in [2.75, 3.05) is 33.4 Å². The zero-order chi connectivity index (χ0) is 15.0. The van der Waals surface area contributed by atoms with Crippen molar-refractivity contribution in [2.45, 2.75) is 25.8 Å². The van der Waals surface area contributed by atoms with Crippen LogP contribution < -0.4 is 15.2 Å². The molecule has 0 amide bonds. The molecule has 2 atom stereocenters. The lowest BCUT2D eigenvalue weighted by atomic mass is 9.93. The molecule has 2 aliphatic heterocycles. The van der Waals surface area contributed by atoms with Crippen LogP contribution in [0.25, 0.3) is 0 Å². The van der Waals surface area contributed by atoms with Crippen LogP contribution in [0.4, 0.5) is 0 Å². The van der Waals surface area contributed by atoms with Gasteiger partial charge in [-0.05, 0) is 44.0 Å². The Labute approximate surface area is 131 Å². The predicted molar refractivity (Wildman–Crippen MR) is 84.4 cm³/mol. The minimum absolute atomic E-state index is 0.363. The summed E-state index contributed by atoms with van der Waals surface area (Å²) in [6.45, 7) is 5.08. The lowest BCUT2D eigenvalue weighted by Gasteiger charge is -2.28. The van der Waals surface area contributed by atoms with Gasteiger partial charge in [0.05, 0.1) is 5.02 Å². The molecule has 2 heterocycles. The second kappa shape index (κ2) is 6.03. The Bertz CT molecular complexity index is 535. The molecule has 1 saturated heterocycles. The average Bonchev–Trinajstić information content (AvgIpc) is 2.88. The van der Waals surface area contributed by atoms with Crippen molar-refractivity contribution in [3.63, 3.8) is 0 Å². The monoisotopic (exact) mass is 310 g/mol. The van der Waals surface area contributed by atoms with E-state index in [-0.39, 0.29) is 0 Å². The summed E-state index contributed by atoms with van der Waals surface area (Å²) in [5.41, 5.74) is 8.34. The Morgan fingerprint density at radius 1 is 1.33 bits per heavy atom. The summed E-state index contributed by atoms with van der Waals surface area (Å²) in [4.78, 5) is 2.37. The van der Waals surface area contributed by atoms with Crippen LogP contribution >= 0.6 is 11.6 Å². The third-order valence-corrected chi connectivity index (χ3v) is 4.87. The molecule has 5 heteroatoms. The number of fused-ring (bicyclic) bond motifs is 1. The first-order chi connectivity index (χ1) is 10.2. The number of likely N-dealkylation sites (tertiary alicyclic amines) is 1. The predicted octanol–water partition coefficient (Wildman–Crippen LogP) is 2.63. The first kappa shape index (κ1) is 14.9. The zero-order valence-electron chi connectivity index (χ0n) is 12.7. The van der Waals surface area contributed by atoms with Gasteiger partial charge in [-0.1, -0.05) is 18.5 Å². The highest BCUT2D eigenvalue weighted by atomic mass is 35.5. The first-order valence-corrected chi connectivity index (χ1v) is 8.04. The average molecular weight is 311 g/mol. The highest BCUT2D eigenvalue weighted by Gasteiger charge is 2.33. The molecule has 0 aromatic heterocycles. The summed E-state index contributed by atoms with van der Waals surface area (Å²) >= 11 is 6.42. The standard InChI is InChI=1S/C16H23ClN2O2/c1-3-11-12(14-6-10(8-18)9-19(14)2)7-13(17)16-15(11)20-4-5-21-16/h7,10,14H,3-6,8-9,18H2,1-2H3. The maximum absolute atomic E-state index is 6.42. The summed E-state index contributed by atoms with van der Waals surface area (Å²) in [5, 5.41) is 0.654. The molecule has 2 aliphatic rings. The van der Waals surface area contributed by atoms with Gasteiger partial charge in [0.15, 0.2) is 11.5 Å². The van der Waals surface area contributed by atoms with Crippen LogP contribution in [0.15, 0.2) is 6.07 Å². The van der Waals surface area contributed by atoms with Crippen molar-refractivity contribution >= 4 is 11.6 Å². The minimum Gasteiger partial charge on any atom is -0.486 e. The van der Waals surface area contributed by atoms with E-state index in [9.17, 15) is 0 Å². The smallest absolute Gasteiger partial charge is 0.180 e. The third-order valence-electron chi connectivity index (χ3n) is 4.58. The molecule has 1 aromatic rings. The van der Waals surface area contributed by atoms with E-state index in [1.165, 1.54) is 11.1 Å². The summed E-state index contributed by atoms with van der Waals surface area (Å²) in [5.74, 6) is 2.10. The van der Waals surface area contributed by atoms with Gasteiger partial charge in [0.2, 0.25) is 0 Å². The summed E-state index contributed by atoms with van der Waals surface area (Å²) in [7, 11) is 2.16. The minimum atomic E-state index is 0.363. The number of rotatable bonds is 3. The van der Waals surface area contributed by atoms with Crippen molar-refractivity contribution in [1.82, 2.24) is 4.90 Å². The van der Waals surface area contributed by atoms with Gasteiger partial charge in [0.1, 0.15) is 13.2 Å². The van der Waals surface area contributed by atoms with Crippen molar-refractivity contribution in [1.29, 1.82) is 0 Å². The normalized spacial score (nSPS) is 25.3. The van der Waals surface area contributed by atoms with Crippen LogP contribution in [0.2, 0.25) is 5.02 Å². The van der Waals surface area contributed by atoms with Gasteiger partial charge in [-0.25, -0.2) is 0 Å². The molecule has 1 fully saturated rings. The summed E-state index contributed by atoms with van der Waals surface area (Å²) in [6.07, 6.45) is 1.99. The van der Waals surface area contributed by atoms with Crippen LogP contribution in [0, 0.1) is 5.92 Å². The van der Waals surface area contributed by atoms with Crippen LogP contribution in [0.1, 0.15) is 30.5 Å². The van der Waals surface area contributed by atoms with E-state index < -0.39 is 0 Å². The molecular weight excluding hydrogens is 288 g/mol. The fourth-order valence-electron chi connectivity index (χ4n) is 3.54. The molecule has 116 valence electrons. The van der Waals surface area contributed by atoms with Gasteiger partial charge in [-0.15, -0.1) is 0 Å². The van der Waals surface area contributed by atoms with Crippen LogP contribution in [0.5, 0.6) is 11.5 Å². The molecule has 0 radical (unpaired) electrons. The van der Waals surface area contributed by atoms with Crippen molar-refractivity contribution in [3.05, 3.63) is 22.2 Å². The van der Waals surface area contributed by atoms with E-state index in [0.717, 1.165) is 31.7 Å². The molecule has 21 heavy (non-hydrogen) atoms. The van der Waals surface area contributed by atoms with Crippen molar-refractivity contribution in [3.8, 4) is 11.5 Å². The Hall–Kier alpha value is -0.970. The van der Waals surface area contributed by atoms with E-state index in [1.54, 1.807) is 0 Å². The topological polar surface area (TPSA) is 47.7 Å². The highest BCUT2D eigenvalue weighted by Crippen LogP contribution is 2.46. The number of hydrogen-bond acceptors (Lipinski definition) is 4. The number of ether oxygens (including phenoxy) is 2. The maximum Gasteiger partial charge on any atom is 0.180 e. The molecule has 0 aliphatic carbocycles. The molecule has 2 unspecified atom stereocenters. The Balaban J connectivity index is 2.04. The largest absolute Gasteiger partial charge is 0.486 e. The molecule has 2 N–H and O–H groups in total. The van der Waals surface area contributed by atoms with Crippen molar-refractivity contribution in [2.24, 2.45) is 11.7 Å². The van der Waals surface area contributed by atoms with E-state index in [1.807, 2.05) is 0 Å². The lowest BCUT2D eigenvalue weighted by Crippen LogP contribution is -2.22. The Morgan fingerprint density at radius 3 is 2.67 bits per heavy atom. The second-order valence-electron chi connectivity index (χ2n) is 5.93. The lowest BCUT2D eigenvalue weighted by molar-refractivity contribution is 0.169. The third kappa shape index (κ3) is 2.60. The van der Waals surface area contributed by atoms with E-state index in [2.05, 4.69) is 24.9 Å². The van der Waals surface area contributed by atoms with Crippen LogP contribution in [-0.4, -0.2) is 38.3 Å². The fraction of sp³-hybridized carbons (Fsp3) is 0.625. The highest BCUT2D eigenvalue weighted by molar-refractivity contribution is 6.32. The van der Waals surface area contributed by atoms with Crippen LogP contribution in [-0.2, 0) is 6.42 Å². The SMILES string of the molecule is CCc1c(C2CC(CN)CN2C)cc(Cl)c2c1OCCO2. The number of hydrogen-bond donors (Lipinski definition) is 1. The number of nitrogens with zero attached hydrogens (tertiary/aromatic N) is 1. The number of halogens is 1. The van der Waals surface area contributed by atoms with Gasteiger partial charge in [0, 0.05) is 18.2 Å². The molecule has 3 rings (SSSR count). The molecule has 0 spiro atoms. The first-order valence-electron chi connectivity index (χ1n) is 7.66. The summed E-state index contributed by atoms with van der Waals surface area (Å²) in [6, 6.07) is 2.43. The fourth-order valence-corrected chi connectivity index (χ4v) is 3.80. The molecule has 4 nitrogen and oxygen atoms in total. The van der Waals surface area contributed by atoms with E-state index in [0.29, 0.717) is 35.9 Å². The summed E-state index contributed by atoms with van der Waals surface area (Å²) < 4.78 is 11.6. The molecule has 0 saturated carbocycles. The van der Waals surface area contributed by atoms with E-state index in [4.69, 9.17) is 26.8 Å². The van der Waals surface area contributed by atoms with Gasteiger partial charge in [0.25, 0.3) is 0 Å². The van der Waals surface area contributed by atoms with Gasteiger partial charge in [-0.3, -0.25) is 4.90 Å². The maximum atomic E-state index is 6.42. The van der Waals surface area contributed by atoms with Gasteiger partial charge in [-0.2, -0.15) is 0 Å². The van der Waals surface area contributed by atoms with E-state index >= 15 is 0 Å². The Morgan fingerprint density at radius 2 is 2.05 bits per heavy atom. The zero-order valence-corrected chi connectivity index (χ0v) is 13.4. The van der Waals surface area contributed by atoms with Gasteiger partial charge < -0.3 is 15.2 Å². The number of nitrogens with two attached hydrogens (primary N) is 1. The molecular formula is C16H23ClN2O2. The van der Waals surface area contributed by atoms with Gasteiger partial charge >= 0.3 is 0 Å². The number of benzene rings is 1. The molecule has 1 aromatic carbocycles. The molecule has 0 bridgehead atoms. The van der Waals surface area contributed by atoms with Crippen LogP contribution in [0.3, 0.4) is 0 Å².